The van der Waals surface area contributed by atoms with Gasteiger partial charge in [-0.1, -0.05) is 27.7 Å². The van der Waals surface area contributed by atoms with E-state index in [-0.39, 0.29) is 28.3 Å². The van der Waals surface area contributed by atoms with Gasteiger partial charge in [0.15, 0.2) is 11.6 Å². The molecule has 104 valence electrons. The van der Waals surface area contributed by atoms with Crippen LogP contribution in [-0.2, 0) is 0 Å². The summed E-state index contributed by atoms with van der Waals surface area (Å²) >= 11 is 0. The van der Waals surface area contributed by atoms with Crippen molar-refractivity contribution >= 4 is 11.7 Å². The summed E-state index contributed by atoms with van der Waals surface area (Å²) in [4.78, 5) is 15.8. The van der Waals surface area contributed by atoms with Crippen molar-refractivity contribution in [3.05, 3.63) is 23.6 Å². The minimum Gasteiger partial charge on any atom is -0.348 e. The summed E-state index contributed by atoms with van der Waals surface area (Å²) in [5.74, 6) is 3.82. The molecule has 4 N–H and O–H groups in total. The number of anilines is 1. The highest BCUT2D eigenvalue weighted by atomic mass is 19.1. The maximum absolute atomic E-state index is 13.9. The van der Waals surface area contributed by atoms with Gasteiger partial charge < -0.3 is 10.7 Å². The average molecular weight is 266 g/mol. The lowest BCUT2D eigenvalue weighted by atomic mass is 10.0. The van der Waals surface area contributed by atoms with Gasteiger partial charge in [0.1, 0.15) is 0 Å². The topological polar surface area (TPSA) is 80.0 Å². The predicted octanol–water partition coefficient (Wildman–Crippen LogP) is 1.67. The Morgan fingerprint density at radius 2 is 1.95 bits per heavy atom. The monoisotopic (exact) mass is 266 g/mol. The molecule has 0 atom stereocenters. The van der Waals surface area contributed by atoms with Crippen LogP contribution in [0.2, 0.25) is 0 Å². The summed E-state index contributed by atoms with van der Waals surface area (Å²) in [5, 5.41) is 2.87. The lowest BCUT2D eigenvalue weighted by molar-refractivity contribution is 0.0939. The summed E-state index contributed by atoms with van der Waals surface area (Å²) in [5.41, 5.74) is 2.07. The molecule has 1 fully saturated rings. The van der Waals surface area contributed by atoms with Crippen LogP contribution in [0.1, 0.15) is 38.1 Å². The van der Waals surface area contributed by atoms with Crippen LogP contribution in [0.5, 0.6) is 0 Å². The van der Waals surface area contributed by atoms with Crippen LogP contribution >= 0.6 is 0 Å². The second-order valence-corrected chi connectivity index (χ2v) is 6.02. The van der Waals surface area contributed by atoms with Gasteiger partial charge in [-0.15, -0.1) is 0 Å². The zero-order chi connectivity index (χ0) is 14.4. The van der Waals surface area contributed by atoms with E-state index in [9.17, 15) is 9.18 Å². The first kappa shape index (κ1) is 13.7. The van der Waals surface area contributed by atoms with Gasteiger partial charge in [0.05, 0.1) is 5.56 Å². The number of aromatic nitrogens is 1. The van der Waals surface area contributed by atoms with E-state index in [4.69, 9.17) is 5.84 Å². The summed E-state index contributed by atoms with van der Waals surface area (Å²) in [7, 11) is 0. The average Bonchev–Trinajstić information content (AvgIpc) is 2.72. The number of amides is 1. The fourth-order valence-corrected chi connectivity index (χ4v) is 2.49. The second-order valence-electron chi connectivity index (χ2n) is 6.02. The maximum Gasteiger partial charge on any atom is 0.254 e. The molecule has 1 saturated carbocycles. The van der Waals surface area contributed by atoms with Crippen molar-refractivity contribution in [2.45, 2.75) is 33.7 Å². The Kier molecular flexibility index (Phi) is 3.01. The smallest absolute Gasteiger partial charge is 0.254 e. The van der Waals surface area contributed by atoms with Crippen LogP contribution in [0.15, 0.2) is 12.3 Å². The predicted molar refractivity (Wildman–Crippen MR) is 70.8 cm³/mol. The molecule has 1 aromatic rings. The molecule has 0 aromatic carbocycles. The number of halogens is 1. The number of carbonyl (C=O) groups excluding carboxylic acids is 1. The Labute approximate surface area is 111 Å². The van der Waals surface area contributed by atoms with Crippen molar-refractivity contribution in [3.63, 3.8) is 0 Å². The van der Waals surface area contributed by atoms with Crippen molar-refractivity contribution in [1.29, 1.82) is 0 Å². The normalized spacial score (nSPS) is 19.9. The third kappa shape index (κ3) is 1.96. The van der Waals surface area contributed by atoms with E-state index in [0.29, 0.717) is 0 Å². The molecule has 1 amide bonds. The molecular weight excluding hydrogens is 247 g/mol. The van der Waals surface area contributed by atoms with Gasteiger partial charge in [-0.2, -0.15) is 0 Å². The number of nitrogens with zero attached hydrogens (tertiary/aromatic N) is 1. The number of pyridine rings is 1. The van der Waals surface area contributed by atoms with Gasteiger partial charge in [-0.3, -0.25) is 4.79 Å². The first-order valence-electron chi connectivity index (χ1n) is 6.15. The highest BCUT2D eigenvalue weighted by Gasteiger charge is 2.65. The Morgan fingerprint density at radius 1 is 1.37 bits per heavy atom. The van der Waals surface area contributed by atoms with Gasteiger partial charge in [-0.05, 0) is 16.9 Å². The van der Waals surface area contributed by atoms with Crippen LogP contribution in [0.25, 0.3) is 0 Å². The fraction of sp³-hybridized carbons (Fsp3) is 0.538. The van der Waals surface area contributed by atoms with Crippen LogP contribution < -0.4 is 16.6 Å². The lowest BCUT2D eigenvalue weighted by Gasteiger charge is -2.09. The molecule has 1 heterocycles. The largest absolute Gasteiger partial charge is 0.348 e. The van der Waals surface area contributed by atoms with Crippen LogP contribution in [0.3, 0.4) is 0 Å². The molecule has 0 spiro atoms. The Morgan fingerprint density at radius 3 is 2.42 bits per heavy atom. The Bertz CT molecular complexity index is 513. The molecule has 5 nitrogen and oxygen atoms in total. The third-order valence-electron chi connectivity index (χ3n) is 4.57. The molecule has 0 unspecified atom stereocenters. The van der Waals surface area contributed by atoms with E-state index in [1.807, 2.05) is 0 Å². The number of nitrogens with two attached hydrogens (primary N) is 1. The Balaban J connectivity index is 2.19. The van der Waals surface area contributed by atoms with Gasteiger partial charge in [-0.25, -0.2) is 15.2 Å². The van der Waals surface area contributed by atoms with Crippen molar-refractivity contribution in [2.75, 3.05) is 5.43 Å². The number of nitrogens with one attached hydrogen (secondary N) is 2. The molecule has 1 aliphatic rings. The third-order valence-corrected chi connectivity index (χ3v) is 4.57. The molecule has 0 saturated heterocycles. The highest BCUT2D eigenvalue weighted by Crippen LogP contribution is 2.62. The number of hydrazine groups is 1. The molecular formula is C13H19FN4O. The first-order chi connectivity index (χ1) is 8.73. The minimum atomic E-state index is -0.737. The zero-order valence-corrected chi connectivity index (χ0v) is 11.5. The number of nitrogen functional groups attached to an aromatic ring is 1. The molecule has 1 aromatic heterocycles. The first-order valence-corrected chi connectivity index (χ1v) is 6.15. The number of rotatable bonds is 3. The molecule has 0 bridgehead atoms. The second kappa shape index (κ2) is 4.16. The van der Waals surface area contributed by atoms with Crippen LogP contribution in [-0.4, -0.2) is 16.9 Å². The van der Waals surface area contributed by atoms with Crippen LogP contribution in [0.4, 0.5) is 10.2 Å². The van der Waals surface area contributed by atoms with E-state index < -0.39 is 11.7 Å². The molecule has 0 aliphatic heterocycles. The van der Waals surface area contributed by atoms with Gasteiger partial charge in [0, 0.05) is 12.2 Å². The van der Waals surface area contributed by atoms with Gasteiger partial charge in [0.25, 0.3) is 5.91 Å². The van der Waals surface area contributed by atoms with Crippen molar-refractivity contribution in [1.82, 2.24) is 10.3 Å². The van der Waals surface area contributed by atoms with E-state index in [2.05, 4.69) is 43.4 Å². The number of carbonyl (C=O) groups is 1. The molecule has 6 heteroatoms. The van der Waals surface area contributed by atoms with E-state index >= 15 is 0 Å². The molecule has 0 radical (unpaired) electrons. The van der Waals surface area contributed by atoms with Crippen molar-refractivity contribution < 1.29 is 9.18 Å². The summed E-state index contributed by atoms with van der Waals surface area (Å²) in [6, 6.07) is 1.36. The molecule has 19 heavy (non-hydrogen) atoms. The highest BCUT2D eigenvalue weighted by molar-refractivity contribution is 5.95. The van der Waals surface area contributed by atoms with Crippen LogP contribution in [0, 0.1) is 16.6 Å². The minimum absolute atomic E-state index is 0.00111. The van der Waals surface area contributed by atoms with Gasteiger partial charge >= 0.3 is 0 Å². The Hall–Kier alpha value is -1.69. The quantitative estimate of drug-likeness (QED) is 0.574. The zero-order valence-electron chi connectivity index (χ0n) is 11.5. The van der Waals surface area contributed by atoms with E-state index in [1.54, 1.807) is 0 Å². The number of hydrogen-bond donors (Lipinski definition) is 3. The summed E-state index contributed by atoms with van der Waals surface area (Å²) in [6.07, 6.45) is 1.34. The van der Waals surface area contributed by atoms with E-state index in [1.165, 1.54) is 12.3 Å². The van der Waals surface area contributed by atoms with Gasteiger partial charge in [0.2, 0.25) is 0 Å². The fourth-order valence-electron chi connectivity index (χ4n) is 2.49. The molecule has 1 aliphatic carbocycles. The molecule has 2 rings (SSSR count). The SMILES string of the molecule is CC1(C)C(NC(=O)c2ccnc(NN)c2F)C1(C)C. The van der Waals surface area contributed by atoms with E-state index in [0.717, 1.165) is 0 Å². The summed E-state index contributed by atoms with van der Waals surface area (Å²) < 4.78 is 13.9. The number of hydrogen-bond acceptors (Lipinski definition) is 4. The standard InChI is InChI=1S/C13H19FN4O/c1-12(2)11(13(12,3)4)17-10(19)7-5-6-16-9(18-15)8(7)14/h5-6,11H,15H2,1-4H3,(H,16,18)(H,17,19). The van der Waals surface area contributed by atoms with Crippen molar-refractivity contribution in [2.24, 2.45) is 16.7 Å². The maximum atomic E-state index is 13.9. The summed E-state index contributed by atoms with van der Waals surface area (Å²) in [6.45, 7) is 8.31. The lowest BCUT2D eigenvalue weighted by Crippen LogP contribution is -2.30. The van der Waals surface area contributed by atoms with Crippen molar-refractivity contribution in [3.8, 4) is 0 Å².